The summed E-state index contributed by atoms with van der Waals surface area (Å²) in [6.07, 6.45) is -3.76. The first-order chi connectivity index (χ1) is 11.3. The minimum atomic E-state index is -4.66. The fourth-order valence-corrected chi connectivity index (χ4v) is 2.18. The molecule has 0 aliphatic heterocycles. The topological polar surface area (TPSA) is 64.3 Å². The van der Waals surface area contributed by atoms with Gasteiger partial charge in [-0.1, -0.05) is 6.07 Å². The molecule has 24 heavy (non-hydrogen) atoms. The summed E-state index contributed by atoms with van der Waals surface area (Å²) in [5.41, 5.74) is -1.22. The van der Waals surface area contributed by atoms with Crippen molar-refractivity contribution in [1.29, 1.82) is 0 Å². The summed E-state index contributed by atoms with van der Waals surface area (Å²) >= 11 is 0. The van der Waals surface area contributed by atoms with E-state index in [1.807, 2.05) is 0 Å². The van der Waals surface area contributed by atoms with E-state index in [2.05, 4.69) is 9.84 Å². The van der Waals surface area contributed by atoms with Gasteiger partial charge in [0.05, 0.1) is 19.2 Å². The molecule has 1 N–H and O–H groups in total. The van der Waals surface area contributed by atoms with Crippen LogP contribution in [0.5, 0.6) is 0 Å². The SMILES string of the molecule is COC(=O)c1ccc(Cn2cc(CCO)c(C(F)(F)F)n2)c(F)c1. The second kappa shape index (κ2) is 7.00. The molecule has 1 heterocycles. The molecule has 0 saturated heterocycles. The third-order valence-electron chi connectivity index (χ3n) is 3.29. The largest absolute Gasteiger partial charge is 0.465 e. The van der Waals surface area contributed by atoms with Gasteiger partial charge >= 0.3 is 12.1 Å². The average molecular weight is 346 g/mol. The number of carbonyl (C=O) groups is 1. The first-order valence-electron chi connectivity index (χ1n) is 6.87. The van der Waals surface area contributed by atoms with Crippen LogP contribution < -0.4 is 0 Å². The molecule has 0 fully saturated rings. The molecule has 1 aromatic heterocycles. The molecule has 130 valence electrons. The van der Waals surface area contributed by atoms with Gasteiger partial charge in [0.25, 0.3) is 0 Å². The zero-order chi connectivity index (χ0) is 17.9. The molecular weight excluding hydrogens is 332 g/mol. The van der Waals surface area contributed by atoms with E-state index in [1.54, 1.807) is 0 Å². The maximum atomic E-state index is 14.0. The zero-order valence-corrected chi connectivity index (χ0v) is 12.6. The molecule has 0 radical (unpaired) electrons. The number of halogens is 4. The first kappa shape index (κ1) is 17.9. The van der Waals surface area contributed by atoms with E-state index < -0.39 is 30.3 Å². The van der Waals surface area contributed by atoms with Crippen molar-refractivity contribution >= 4 is 5.97 Å². The number of aliphatic hydroxyl groups is 1. The first-order valence-corrected chi connectivity index (χ1v) is 6.87. The number of aliphatic hydroxyl groups excluding tert-OH is 1. The predicted octanol–water partition coefficient (Wildman–Crippen LogP) is 2.41. The highest BCUT2D eigenvalue weighted by Crippen LogP contribution is 2.31. The van der Waals surface area contributed by atoms with Gasteiger partial charge in [-0.3, -0.25) is 4.68 Å². The van der Waals surface area contributed by atoms with Gasteiger partial charge in [-0.15, -0.1) is 0 Å². The Hall–Kier alpha value is -2.42. The third kappa shape index (κ3) is 3.91. The predicted molar refractivity (Wildman–Crippen MR) is 74.9 cm³/mol. The number of hydrogen-bond acceptors (Lipinski definition) is 4. The maximum absolute atomic E-state index is 14.0. The monoisotopic (exact) mass is 346 g/mol. The highest BCUT2D eigenvalue weighted by Gasteiger charge is 2.36. The summed E-state index contributed by atoms with van der Waals surface area (Å²) in [6, 6.07) is 3.54. The number of methoxy groups -OCH3 is 1. The van der Waals surface area contributed by atoms with E-state index in [1.165, 1.54) is 12.1 Å². The van der Waals surface area contributed by atoms with Gasteiger partial charge in [0.1, 0.15) is 5.82 Å². The summed E-state index contributed by atoms with van der Waals surface area (Å²) in [5.74, 6) is -1.48. The van der Waals surface area contributed by atoms with E-state index in [4.69, 9.17) is 5.11 Å². The van der Waals surface area contributed by atoms with Gasteiger partial charge in [-0.25, -0.2) is 9.18 Å². The van der Waals surface area contributed by atoms with Crippen LogP contribution in [0.2, 0.25) is 0 Å². The Morgan fingerprint density at radius 2 is 2.04 bits per heavy atom. The fourth-order valence-electron chi connectivity index (χ4n) is 2.18. The number of esters is 1. The Morgan fingerprint density at radius 3 is 2.58 bits per heavy atom. The third-order valence-corrected chi connectivity index (χ3v) is 3.29. The molecule has 2 rings (SSSR count). The van der Waals surface area contributed by atoms with Crippen LogP contribution in [0.4, 0.5) is 17.6 Å². The second-order valence-corrected chi connectivity index (χ2v) is 4.97. The molecule has 5 nitrogen and oxygen atoms in total. The number of ether oxygens (including phenoxy) is 1. The normalized spacial score (nSPS) is 11.6. The number of hydrogen-bond donors (Lipinski definition) is 1. The standard InChI is InChI=1S/C15H14F4N2O3/c1-24-14(23)9-2-3-10(12(16)6-9)7-21-8-11(4-5-22)13(20-21)15(17,18)19/h2-3,6,8,22H,4-5,7H2,1H3. The number of alkyl halides is 3. The molecule has 0 unspecified atom stereocenters. The van der Waals surface area contributed by atoms with Crippen molar-refractivity contribution in [3.05, 3.63) is 52.6 Å². The quantitative estimate of drug-likeness (QED) is 0.667. The summed E-state index contributed by atoms with van der Waals surface area (Å²) < 4.78 is 58.1. The van der Waals surface area contributed by atoms with Crippen molar-refractivity contribution in [3.8, 4) is 0 Å². The Bertz CT molecular complexity index is 741. The Morgan fingerprint density at radius 1 is 1.33 bits per heavy atom. The number of carbonyl (C=O) groups excluding carboxylic acids is 1. The van der Waals surface area contributed by atoms with Gasteiger partial charge in [-0.2, -0.15) is 18.3 Å². The van der Waals surface area contributed by atoms with Gasteiger partial charge in [0, 0.05) is 23.9 Å². The van der Waals surface area contributed by atoms with Crippen LogP contribution >= 0.6 is 0 Å². The van der Waals surface area contributed by atoms with Gasteiger partial charge in [0.15, 0.2) is 5.69 Å². The van der Waals surface area contributed by atoms with E-state index in [0.29, 0.717) is 0 Å². The summed E-state index contributed by atoms with van der Waals surface area (Å²) in [5, 5.41) is 12.3. The fraction of sp³-hybridized carbons (Fsp3) is 0.333. The molecular formula is C15H14F4N2O3. The van der Waals surface area contributed by atoms with Crippen molar-refractivity contribution < 1.29 is 32.2 Å². The lowest BCUT2D eigenvalue weighted by Crippen LogP contribution is -2.11. The maximum Gasteiger partial charge on any atom is 0.435 e. The molecule has 0 atom stereocenters. The molecule has 0 amide bonds. The van der Waals surface area contributed by atoms with Crippen molar-refractivity contribution in [2.75, 3.05) is 13.7 Å². The van der Waals surface area contributed by atoms with Crippen LogP contribution in [0.1, 0.15) is 27.2 Å². The Kier molecular flexibility index (Phi) is 5.23. The number of rotatable bonds is 5. The highest BCUT2D eigenvalue weighted by atomic mass is 19.4. The summed E-state index contributed by atoms with van der Waals surface area (Å²) in [4.78, 5) is 11.3. The number of aromatic nitrogens is 2. The molecule has 0 saturated carbocycles. The molecule has 2 aromatic rings. The minimum absolute atomic E-state index is 0.00355. The van der Waals surface area contributed by atoms with Crippen LogP contribution in [0, 0.1) is 5.82 Å². The van der Waals surface area contributed by atoms with Crippen molar-refractivity contribution in [1.82, 2.24) is 9.78 Å². The zero-order valence-electron chi connectivity index (χ0n) is 12.6. The van der Waals surface area contributed by atoms with Crippen LogP contribution in [0.3, 0.4) is 0 Å². The van der Waals surface area contributed by atoms with E-state index in [0.717, 1.165) is 24.1 Å². The Balaban J connectivity index is 2.30. The van der Waals surface area contributed by atoms with E-state index in [9.17, 15) is 22.4 Å². The van der Waals surface area contributed by atoms with E-state index in [-0.39, 0.29) is 29.7 Å². The van der Waals surface area contributed by atoms with Crippen LogP contribution in [0.25, 0.3) is 0 Å². The molecule has 0 spiro atoms. The lowest BCUT2D eigenvalue weighted by atomic mass is 10.1. The van der Waals surface area contributed by atoms with Gasteiger partial charge < -0.3 is 9.84 Å². The van der Waals surface area contributed by atoms with Gasteiger partial charge in [0.2, 0.25) is 0 Å². The molecule has 0 bridgehead atoms. The van der Waals surface area contributed by atoms with Crippen molar-refractivity contribution in [2.45, 2.75) is 19.1 Å². The minimum Gasteiger partial charge on any atom is -0.465 e. The lowest BCUT2D eigenvalue weighted by Gasteiger charge is -2.06. The van der Waals surface area contributed by atoms with Crippen LogP contribution in [0.15, 0.2) is 24.4 Å². The lowest BCUT2D eigenvalue weighted by molar-refractivity contribution is -0.142. The van der Waals surface area contributed by atoms with Gasteiger partial charge in [-0.05, 0) is 18.6 Å². The summed E-state index contributed by atoms with van der Waals surface area (Å²) in [7, 11) is 1.15. The molecule has 0 aliphatic rings. The van der Waals surface area contributed by atoms with E-state index >= 15 is 0 Å². The van der Waals surface area contributed by atoms with Crippen LogP contribution in [-0.4, -0.2) is 34.6 Å². The smallest absolute Gasteiger partial charge is 0.435 e. The second-order valence-electron chi connectivity index (χ2n) is 4.97. The molecule has 0 aliphatic carbocycles. The van der Waals surface area contributed by atoms with Crippen LogP contribution in [-0.2, 0) is 23.9 Å². The van der Waals surface area contributed by atoms with Crippen molar-refractivity contribution in [3.63, 3.8) is 0 Å². The average Bonchev–Trinajstić information content (AvgIpc) is 2.92. The van der Waals surface area contributed by atoms with Crippen molar-refractivity contribution in [2.24, 2.45) is 0 Å². The summed E-state index contributed by atoms with van der Waals surface area (Å²) in [6.45, 7) is -0.710. The number of nitrogens with zero attached hydrogens (tertiary/aromatic N) is 2. The molecule has 9 heteroatoms. The number of benzene rings is 1. The molecule has 1 aromatic carbocycles. The highest BCUT2D eigenvalue weighted by molar-refractivity contribution is 5.89. The Labute approximate surface area is 134 Å².